The van der Waals surface area contributed by atoms with E-state index >= 15 is 0 Å². The van der Waals surface area contributed by atoms with Crippen LogP contribution in [0.3, 0.4) is 0 Å². The van der Waals surface area contributed by atoms with Crippen molar-refractivity contribution in [2.75, 3.05) is 6.61 Å². The van der Waals surface area contributed by atoms with Crippen molar-refractivity contribution in [1.82, 2.24) is 0 Å². The van der Waals surface area contributed by atoms with Crippen LogP contribution in [-0.2, 0) is 5.75 Å². The number of unbranched alkanes of at least 4 members (excludes halogenated alkanes) is 4. The number of hydrogen-bond donors (Lipinski definition) is 0. The standard InChI is InChI=1S/C28H40OS/c1-3-5-6-7-8-9-23-10-14-25(15-11-23)26-16-12-24(13-17-26)22-30-28-20-18-27(19-21-28)29-4-2/h12-13,16-21,23,25H,3-11,14-15,22H2,1-2H3/t23-,25-. The molecule has 0 radical (unpaired) electrons. The zero-order valence-electron chi connectivity index (χ0n) is 19.1. The molecule has 1 aliphatic rings. The maximum Gasteiger partial charge on any atom is 0.119 e. The normalized spacial score (nSPS) is 19.0. The molecular formula is C28H40OS. The summed E-state index contributed by atoms with van der Waals surface area (Å²) in [6, 6.07) is 17.9. The first kappa shape index (κ1) is 23.3. The maximum absolute atomic E-state index is 5.52. The SMILES string of the molecule is CCCCCCC[C@H]1CC[C@H](c2ccc(CSc3ccc(OCC)cc3)cc2)CC1. The summed E-state index contributed by atoms with van der Waals surface area (Å²) in [6.45, 7) is 5.04. The van der Waals surface area contributed by atoms with E-state index in [0.29, 0.717) is 0 Å². The Labute approximate surface area is 189 Å². The van der Waals surface area contributed by atoms with Crippen LogP contribution in [0, 0.1) is 5.92 Å². The molecular weight excluding hydrogens is 384 g/mol. The van der Waals surface area contributed by atoms with Gasteiger partial charge in [0.15, 0.2) is 0 Å². The smallest absolute Gasteiger partial charge is 0.119 e. The first-order valence-electron chi connectivity index (χ1n) is 12.2. The number of ether oxygens (including phenoxy) is 1. The van der Waals surface area contributed by atoms with E-state index in [-0.39, 0.29) is 0 Å². The van der Waals surface area contributed by atoms with Gasteiger partial charge in [-0.25, -0.2) is 0 Å². The number of hydrogen-bond acceptors (Lipinski definition) is 2. The molecule has 1 nitrogen and oxygen atoms in total. The summed E-state index contributed by atoms with van der Waals surface area (Å²) >= 11 is 1.90. The first-order chi connectivity index (χ1) is 14.8. The van der Waals surface area contributed by atoms with E-state index in [4.69, 9.17) is 4.74 Å². The average Bonchev–Trinajstić information content (AvgIpc) is 2.79. The van der Waals surface area contributed by atoms with Crippen LogP contribution in [0.25, 0.3) is 0 Å². The predicted octanol–water partition coefficient (Wildman–Crippen LogP) is 9.01. The molecule has 0 bridgehead atoms. The fourth-order valence-electron chi connectivity index (χ4n) is 4.67. The molecule has 164 valence electrons. The first-order valence-corrected chi connectivity index (χ1v) is 13.2. The van der Waals surface area contributed by atoms with E-state index in [1.54, 1.807) is 5.56 Å². The molecule has 1 aliphatic carbocycles. The van der Waals surface area contributed by atoms with Gasteiger partial charge in [0.05, 0.1) is 6.61 Å². The highest BCUT2D eigenvalue weighted by molar-refractivity contribution is 7.98. The molecule has 0 aromatic heterocycles. The minimum absolute atomic E-state index is 0.722. The summed E-state index contributed by atoms with van der Waals surface area (Å²) in [4.78, 5) is 1.30. The molecule has 0 saturated heterocycles. The molecule has 0 spiro atoms. The minimum atomic E-state index is 0.722. The van der Waals surface area contributed by atoms with Crippen LogP contribution in [0.4, 0.5) is 0 Å². The van der Waals surface area contributed by atoms with Crippen LogP contribution in [-0.4, -0.2) is 6.61 Å². The van der Waals surface area contributed by atoms with E-state index in [1.807, 2.05) is 18.7 Å². The van der Waals surface area contributed by atoms with Crippen molar-refractivity contribution in [3.63, 3.8) is 0 Å². The third-order valence-electron chi connectivity index (χ3n) is 6.55. The van der Waals surface area contributed by atoms with Gasteiger partial charge in [0.2, 0.25) is 0 Å². The van der Waals surface area contributed by atoms with Gasteiger partial charge in [0, 0.05) is 10.6 Å². The largest absolute Gasteiger partial charge is 0.494 e. The molecule has 0 N–H and O–H groups in total. The lowest BCUT2D eigenvalue weighted by molar-refractivity contribution is 0.302. The lowest BCUT2D eigenvalue weighted by atomic mass is 9.77. The van der Waals surface area contributed by atoms with Crippen molar-refractivity contribution in [1.29, 1.82) is 0 Å². The van der Waals surface area contributed by atoms with Gasteiger partial charge in [-0.05, 0) is 79.8 Å². The molecule has 0 amide bonds. The van der Waals surface area contributed by atoms with Crippen LogP contribution in [0.2, 0.25) is 0 Å². The van der Waals surface area contributed by atoms with Crippen LogP contribution in [0.15, 0.2) is 53.4 Å². The number of rotatable bonds is 12. The van der Waals surface area contributed by atoms with Gasteiger partial charge in [0.1, 0.15) is 5.75 Å². The molecule has 0 unspecified atom stereocenters. The lowest BCUT2D eigenvalue weighted by Gasteiger charge is -2.29. The van der Waals surface area contributed by atoms with Gasteiger partial charge < -0.3 is 4.74 Å². The number of benzene rings is 2. The third kappa shape index (κ3) is 7.69. The summed E-state index contributed by atoms with van der Waals surface area (Å²) in [6.07, 6.45) is 14.2. The number of thioether (sulfide) groups is 1. The van der Waals surface area contributed by atoms with Gasteiger partial charge in [0.25, 0.3) is 0 Å². The van der Waals surface area contributed by atoms with Crippen molar-refractivity contribution in [3.05, 3.63) is 59.7 Å². The topological polar surface area (TPSA) is 9.23 Å². The summed E-state index contributed by atoms with van der Waals surface area (Å²) in [5, 5.41) is 0. The summed E-state index contributed by atoms with van der Waals surface area (Å²) in [5.41, 5.74) is 2.98. The highest BCUT2D eigenvalue weighted by Crippen LogP contribution is 2.38. The molecule has 0 heterocycles. The van der Waals surface area contributed by atoms with Gasteiger partial charge >= 0.3 is 0 Å². The van der Waals surface area contributed by atoms with Gasteiger partial charge in [-0.15, -0.1) is 11.8 Å². The van der Waals surface area contributed by atoms with E-state index in [9.17, 15) is 0 Å². The Morgan fingerprint density at radius 2 is 1.50 bits per heavy atom. The Morgan fingerprint density at radius 1 is 0.800 bits per heavy atom. The van der Waals surface area contributed by atoms with Crippen LogP contribution in [0.1, 0.15) is 95.1 Å². The van der Waals surface area contributed by atoms with Crippen molar-refractivity contribution in [2.24, 2.45) is 5.92 Å². The summed E-state index contributed by atoms with van der Waals surface area (Å²) in [5.74, 6) is 3.76. The highest BCUT2D eigenvalue weighted by Gasteiger charge is 2.22. The predicted molar refractivity (Wildman–Crippen MR) is 132 cm³/mol. The molecule has 3 rings (SSSR count). The van der Waals surface area contributed by atoms with Crippen LogP contribution in [0.5, 0.6) is 5.75 Å². The average molecular weight is 425 g/mol. The lowest BCUT2D eigenvalue weighted by Crippen LogP contribution is -2.13. The molecule has 30 heavy (non-hydrogen) atoms. The minimum Gasteiger partial charge on any atom is -0.494 e. The van der Waals surface area contributed by atoms with Crippen molar-refractivity contribution < 1.29 is 4.74 Å². The second kappa shape index (κ2) is 13.1. The van der Waals surface area contributed by atoms with E-state index < -0.39 is 0 Å². The molecule has 1 fully saturated rings. The Hall–Kier alpha value is -1.41. The zero-order chi connectivity index (χ0) is 21.0. The monoisotopic (exact) mass is 424 g/mol. The van der Waals surface area contributed by atoms with Crippen molar-refractivity contribution in [2.45, 2.75) is 94.6 Å². The van der Waals surface area contributed by atoms with E-state index in [0.717, 1.165) is 29.9 Å². The molecule has 2 aromatic carbocycles. The highest BCUT2D eigenvalue weighted by atomic mass is 32.2. The van der Waals surface area contributed by atoms with Crippen LogP contribution < -0.4 is 4.74 Å². The molecule has 2 aromatic rings. The molecule has 2 heteroatoms. The second-order valence-electron chi connectivity index (χ2n) is 8.86. The Morgan fingerprint density at radius 3 is 2.17 bits per heavy atom. The van der Waals surface area contributed by atoms with Crippen molar-refractivity contribution >= 4 is 11.8 Å². The van der Waals surface area contributed by atoms with Crippen molar-refractivity contribution in [3.8, 4) is 5.75 Å². The van der Waals surface area contributed by atoms with E-state index in [2.05, 4.69) is 55.5 Å². The van der Waals surface area contributed by atoms with Gasteiger partial charge in [-0.3, -0.25) is 0 Å². The summed E-state index contributed by atoms with van der Waals surface area (Å²) < 4.78 is 5.52. The fourth-order valence-corrected chi connectivity index (χ4v) is 5.53. The second-order valence-corrected chi connectivity index (χ2v) is 9.90. The summed E-state index contributed by atoms with van der Waals surface area (Å²) in [7, 11) is 0. The van der Waals surface area contributed by atoms with Gasteiger partial charge in [-0.1, -0.05) is 69.7 Å². The zero-order valence-corrected chi connectivity index (χ0v) is 19.9. The fraction of sp³-hybridized carbons (Fsp3) is 0.571. The maximum atomic E-state index is 5.52. The Kier molecular flexibility index (Phi) is 10.2. The molecule has 1 saturated carbocycles. The Balaban J connectivity index is 1.38. The van der Waals surface area contributed by atoms with Gasteiger partial charge in [-0.2, -0.15) is 0 Å². The van der Waals surface area contributed by atoms with E-state index in [1.165, 1.54) is 74.7 Å². The third-order valence-corrected chi connectivity index (χ3v) is 7.64. The quantitative estimate of drug-likeness (QED) is 0.248. The molecule has 0 atom stereocenters. The van der Waals surface area contributed by atoms with Crippen LogP contribution >= 0.6 is 11.8 Å². The molecule has 0 aliphatic heterocycles. The Bertz CT molecular complexity index is 698.